The molecule has 3 nitrogen and oxygen atoms in total. The fourth-order valence-corrected chi connectivity index (χ4v) is 1.42. The van der Waals surface area contributed by atoms with Crippen LogP contribution in [-0.2, 0) is 6.18 Å². The summed E-state index contributed by atoms with van der Waals surface area (Å²) in [6, 6.07) is 3.17. The maximum absolute atomic E-state index is 12.9. The van der Waals surface area contributed by atoms with Crippen LogP contribution in [-0.4, -0.2) is 15.0 Å². The first-order chi connectivity index (χ1) is 8.36. The van der Waals surface area contributed by atoms with E-state index in [0.717, 1.165) is 18.3 Å². The van der Waals surface area contributed by atoms with E-state index in [1.165, 1.54) is 13.0 Å². The van der Waals surface area contributed by atoms with E-state index >= 15 is 0 Å². The van der Waals surface area contributed by atoms with Crippen LogP contribution in [0.25, 0.3) is 11.4 Å². The van der Waals surface area contributed by atoms with E-state index in [2.05, 4.69) is 15.0 Å². The quantitative estimate of drug-likeness (QED) is 0.582. The van der Waals surface area contributed by atoms with Gasteiger partial charge in [0.2, 0.25) is 5.95 Å². The lowest BCUT2D eigenvalue weighted by molar-refractivity contribution is -0.141. The third-order valence-electron chi connectivity index (χ3n) is 2.12. The van der Waals surface area contributed by atoms with Gasteiger partial charge in [-0.05, 0) is 19.1 Å². The smallest absolute Gasteiger partial charge is 0.249 e. The maximum atomic E-state index is 12.9. The highest BCUT2D eigenvalue weighted by Gasteiger charge is 2.33. The molecule has 7 heteroatoms. The lowest BCUT2D eigenvalue weighted by Crippen LogP contribution is -2.09. The monoisotopic (exact) mass is 257 g/mol. The molecule has 0 unspecified atom stereocenters. The highest BCUT2D eigenvalue weighted by molar-refractivity contribution is 5.55. The van der Waals surface area contributed by atoms with Gasteiger partial charge in [-0.2, -0.15) is 22.5 Å². The minimum atomic E-state index is -4.56. The number of aromatic nitrogens is 3. The molecule has 0 aromatic carbocycles. The van der Waals surface area contributed by atoms with Crippen LogP contribution in [0, 0.1) is 12.9 Å². The molecule has 0 spiro atoms. The number of alkyl halides is 3. The Morgan fingerprint density at radius 1 is 1.11 bits per heavy atom. The van der Waals surface area contributed by atoms with Crippen molar-refractivity contribution in [3.63, 3.8) is 0 Å². The topological polar surface area (TPSA) is 38.7 Å². The molecule has 0 aliphatic carbocycles. The molecule has 0 fully saturated rings. The van der Waals surface area contributed by atoms with Gasteiger partial charge in [-0.1, -0.05) is 0 Å². The van der Waals surface area contributed by atoms with Crippen LogP contribution in [0.15, 0.2) is 24.4 Å². The predicted molar refractivity (Wildman–Crippen MR) is 55.0 cm³/mol. The van der Waals surface area contributed by atoms with Gasteiger partial charge in [0.05, 0.1) is 0 Å². The maximum Gasteiger partial charge on any atom is 0.433 e. The van der Waals surface area contributed by atoms with Gasteiger partial charge in [0, 0.05) is 23.5 Å². The van der Waals surface area contributed by atoms with E-state index < -0.39 is 17.8 Å². The lowest BCUT2D eigenvalue weighted by atomic mass is 10.1. The molecule has 2 aromatic heterocycles. The molecule has 0 aliphatic rings. The zero-order chi connectivity index (χ0) is 13.3. The van der Waals surface area contributed by atoms with Crippen LogP contribution in [0.5, 0.6) is 0 Å². The molecule has 2 heterocycles. The summed E-state index contributed by atoms with van der Waals surface area (Å²) < 4.78 is 50.6. The zero-order valence-corrected chi connectivity index (χ0v) is 9.16. The predicted octanol–water partition coefficient (Wildman–Crippen LogP) is 3.00. The summed E-state index contributed by atoms with van der Waals surface area (Å²) in [5.41, 5.74) is -0.813. The first-order valence-electron chi connectivity index (χ1n) is 4.91. The first kappa shape index (κ1) is 12.4. The van der Waals surface area contributed by atoms with Crippen LogP contribution in [0.3, 0.4) is 0 Å². The molecule has 0 amide bonds. The van der Waals surface area contributed by atoms with E-state index in [0.29, 0.717) is 0 Å². The lowest BCUT2D eigenvalue weighted by Gasteiger charge is -2.08. The second kappa shape index (κ2) is 4.32. The molecular weight excluding hydrogens is 250 g/mol. The molecule has 0 radical (unpaired) electrons. The van der Waals surface area contributed by atoms with Gasteiger partial charge in [-0.25, -0.2) is 9.97 Å². The van der Waals surface area contributed by atoms with E-state index in [1.807, 2.05) is 0 Å². The summed E-state index contributed by atoms with van der Waals surface area (Å²) >= 11 is 0. The van der Waals surface area contributed by atoms with Gasteiger partial charge in [0.25, 0.3) is 0 Å². The summed E-state index contributed by atoms with van der Waals surface area (Å²) in [5.74, 6) is -0.908. The molecule has 0 bridgehead atoms. The van der Waals surface area contributed by atoms with Crippen LogP contribution >= 0.6 is 0 Å². The molecule has 0 saturated heterocycles. The Balaban J connectivity index is 2.55. The summed E-state index contributed by atoms with van der Waals surface area (Å²) in [7, 11) is 0. The Bertz CT molecular complexity index is 581. The van der Waals surface area contributed by atoms with Crippen molar-refractivity contribution in [2.75, 3.05) is 0 Å². The van der Waals surface area contributed by atoms with Crippen molar-refractivity contribution in [3.05, 3.63) is 41.7 Å². The second-order valence-electron chi connectivity index (χ2n) is 3.58. The molecule has 0 atom stereocenters. The number of rotatable bonds is 1. The van der Waals surface area contributed by atoms with Gasteiger partial charge in [-0.15, -0.1) is 0 Å². The molecule has 18 heavy (non-hydrogen) atoms. The molecule has 2 rings (SSSR count). The second-order valence-corrected chi connectivity index (χ2v) is 3.58. The van der Waals surface area contributed by atoms with Crippen LogP contribution in [0.2, 0.25) is 0 Å². The van der Waals surface area contributed by atoms with Crippen LogP contribution < -0.4 is 0 Å². The molecule has 0 aliphatic heterocycles. The normalized spacial score (nSPS) is 11.6. The Kier molecular flexibility index (Phi) is 2.98. The van der Waals surface area contributed by atoms with Crippen molar-refractivity contribution in [1.29, 1.82) is 0 Å². The van der Waals surface area contributed by atoms with Crippen molar-refractivity contribution < 1.29 is 17.6 Å². The van der Waals surface area contributed by atoms with Gasteiger partial charge >= 0.3 is 6.18 Å². The summed E-state index contributed by atoms with van der Waals surface area (Å²) in [6.07, 6.45) is -3.42. The number of halogens is 4. The average Bonchev–Trinajstić information content (AvgIpc) is 2.27. The SMILES string of the molecule is Cc1cc(-c2nccc(F)n2)cc(C(F)(F)F)n1. The van der Waals surface area contributed by atoms with E-state index in [-0.39, 0.29) is 17.1 Å². The summed E-state index contributed by atoms with van der Waals surface area (Å²) in [4.78, 5) is 10.5. The highest BCUT2D eigenvalue weighted by atomic mass is 19.4. The number of nitrogens with zero attached hydrogens (tertiary/aromatic N) is 3. The van der Waals surface area contributed by atoms with Crippen molar-refractivity contribution in [2.45, 2.75) is 13.1 Å². The van der Waals surface area contributed by atoms with E-state index in [9.17, 15) is 17.6 Å². The highest BCUT2D eigenvalue weighted by Crippen LogP contribution is 2.30. The van der Waals surface area contributed by atoms with Gasteiger partial charge in [-0.3, -0.25) is 0 Å². The van der Waals surface area contributed by atoms with Crippen molar-refractivity contribution >= 4 is 0 Å². The van der Waals surface area contributed by atoms with E-state index in [4.69, 9.17) is 0 Å². The molecule has 0 N–H and O–H groups in total. The number of hydrogen-bond donors (Lipinski definition) is 0. The van der Waals surface area contributed by atoms with Crippen molar-refractivity contribution in [2.24, 2.45) is 0 Å². The Morgan fingerprint density at radius 3 is 2.44 bits per heavy atom. The average molecular weight is 257 g/mol. The van der Waals surface area contributed by atoms with E-state index in [1.54, 1.807) is 0 Å². The standard InChI is InChI=1S/C11H7F4N3/c1-6-4-7(5-8(17-6)11(13,14)15)10-16-3-2-9(12)18-10/h2-5H,1H3. The Morgan fingerprint density at radius 2 is 1.83 bits per heavy atom. The fourth-order valence-electron chi connectivity index (χ4n) is 1.42. The van der Waals surface area contributed by atoms with Crippen LogP contribution in [0.4, 0.5) is 17.6 Å². The molecule has 2 aromatic rings. The van der Waals surface area contributed by atoms with Gasteiger partial charge in [0.15, 0.2) is 5.82 Å². The Hall–Kier alpha value is -2.05. The molecular formula is C11H7F4N3. The summed E-state index contributed by atoms with van der Waals surface area (Å²) in [6.45, 7) is 1.41. The summed E-state index contributed by atoms with van der Waals surface area (Å²) in [5, 5.41) is 0. The third kappa shape index (κ3) is 2.61. The first-order valence-corrected chi connectivity index (χ1v) is 4.91. The van der Waals surface area contributed by atoms with Gasteiger partial charge < -0.3 is 0 Å². The van der Waals surface area contributed by atoms with Crippen molar-refractivity contribution in [3.8, 4) is 11.4 Å². The van der Waals surface area contributed by atoms with Crippen molar-refractivity contribution in [1.82, 2.24) is 15.0 Å². The molecule has 0 saturated carbocycles. The minimum absolute atomic E-state index is 0.0781. The zero-order valence-electron chi connectivity index (χ0n) is 9.16. The number of hydrogen-bond acceptors (Lipinski definition) is 3. The van der Waals surface area contributed by atoms with Gasteiger partial charge in [0.1, 0.15) is 5.69 Å². The Labute approximate surface area is 99.5 Å². The number of aryl methyl sites for hydroxylation is 1. The largest absolute Gasteiger partial charge is 0.433 e. The molecule has 94 valence electrons. The fraction of sp³-hybridized carbons (Fsp3) is 0.182. The third-order valence-corrected chi connectivity index (χ3v) is 2.12. The minimum Gasteiger partial charge on any atom is -0.249 e. The number of pyridine rings is 1. The van der Waals surface area contributed by atoms with Crippen LogP contribution in [0.1, 0.15) is 11.4 Å².